The molecule has 104 valence electrons. The van der Waals surface area contributed by atoms with Gasteiger partial charge in [0.1, 0.15) is 6.67 Å². The van der Waals surface area contributed by atoms with Crippen LogP contribution in [0.1, 0.15) is 31.1 Å². The van der Waals surface area contributed by atoms with Gasteiger partial charge in [-0.1, -0.05) is 0 Å². The van der Waals surface area contributed by atoms with Crippen LogP contribution in [-0.2, 0) is 13.1 Å². The van der Waals surface area contributed by atoms with Crippen LogP contribution in [0, 0.1) is 6.92 Å². The Balaban J connectivity index is 2.04. The van der Waals surface area contributed by atoms with Crippen molar-refractivity contribution in [2.24, 2.45) is 0 Å². The highest BCUT2D eigenvalue weighted by Crippen LogP contribution is 2.14. The molecule has 0 amide bonds. The molecule has 5 nitrogen and oxygen atoms in total. The van der Waals surface area contributed by atoms with E-state index in [1.165, 1.54) is 0 Å². The number of halogens is 1. The highest BCUT2D eigenvalue weighted by molar-refractivity contribution is 5.42. The summed E-state index contributed by atoms with van der Waals surface area (Å²) in [6.07, 6.45) is 3.65. The molecule has 2 aromatic heterocycles. The molecule has 0 radical (unpaired) electrons. The molecule has 0 aliphatic heterocycles. The third-order valence-electron chi connectivity index (χ3n) is 2.94. The first-order chi connectivity index (χ1) is 9.11. The number of anilines is 1. The van der Waals surface area contributed by atoms with Crippen LogP contribution in [0.3, 0.4) is 0 Å². The number of nitrogens with zero attached hydrogens (tertiary/aromatic N) is 4. The minimum Gasteiger partial charge on any atom is -0.363 e. The minimum atomic E-state index is -0.402. The van der Waals surface area contributed by atoms with Crippen molar-refractivity contribution in [2.45, 2.75) is 39.9 Å². The molecule has 0 unspecified atom stereocenters. The molecular weight excluding hydrogens is 245 g/mol. The van der Waals surface area contributed by atoms with Gasteiger partial charge in [0.25, 0.3) is 0 Å². The van der Waals surface area contributed by atoms with Crippen LogP contribution in [0.4, 0.5) is 10.2 Å². The zero-order valence-corrected chi connectivity index (χ0v) is 11.6. The molecule has 0 bridgehead atoms. The number of aromatic nitrogens is 4. The predicted molar refractivity (Wildman–Crippen MR) is 72.9 cm³/mol. The first kappa shape index (κ1) is 13.6. The number of hydrogen-bond donors (Lipinski definition) is 1. The maximum absolute atomic E-state index is 12.3. The molecule has 0 saturated heterocycles. The van der Waals surface area contributed by atoms with Gasteiger partial charge in [-0.15, -0.1) is 0 Å². The predicted octanol–water partition coefficient (Wildman–Crippen LogP) is 2.55. The Bertz CT molecular complexity index is 529. The van der Waals surface area contributed by atoms with Gasteiger partial charge in [0.15, 0.2) is 5.82 Å². The molecule has 0 aliphatic carbocycles. The van der Waals surface area contributed by atoms with E-state index in [1.54, 1.807) is 10.9 Å². The van der Waals surface area contributed by atoms with Gasteiger partial charge in [-0.05, 0) is 26.8 Å². The maximum Gasteiger partial charge on any atom is 0.151 e. The van der Waals surface area contributed by atoms with Gasteiger partial charge < -0.3 is 5.32 Å². The Kier molecular flexibility index (Phi) is 4.19. The fraction of sp³-hybridized carbons (Fsp3) is 0.538. The Morgan fingerprint density at radius 1 is 1.42 bits per heavy atom. The molecule has 0 aliphatic rings. The number of nitrogens with one attached hydrogen (secondary N) is 1. The lowest BCUT2D eigenvalue weighted by Crippen LogP contribution is -2.11. The van der Waals surface area contributed by atoms with E-state index in [-0.39, 0.29) is 0 Å². The number of aryl methyl sites for hydroxylation is 2. The van der Waals surface area contributed by atoms with Crippen molar-refractivity contribution < 1.29 is 4.39 Å². The summed E-state index contributed by atoms with van der Waals surface area (Å²) in [4.78, 5) is 0. The van der Waals surface area contributed by atoms with Crippen molar-refractivity contribution in [1.29, 1.82) is 0 Å². The van der Waals surface area contributed by atoms with Crippen molar-refractivity contribution in [1.82, 2.24) is 19.6 Å². The summed E-state index contributed by atoms with van der Waals surface area (Å²) >= 11 is 0. The van der Waals surface area contributed by atoms with Crippen molar-refractivity contribution in [3.63, 3.8) is 0 Å². The van der Waals surface area contributed by atoms with Gasteiger partial charge in [0, 0.05) is 24.0 Å². The summed E-state index contributed by atoms with van der Waals surface area (Å²) in [6.45, 7) is 6.71. The SMILES string of the molecule is Cc1cn(CCF)nc1NCc1ccnn1C(C)C. The molecule has 19 heavy (non-hydrogen) atoms. The lowest BCUT2D eigenvalue weighted by atomic mass is 10.3. The van der Waals surface area contributed by atoms with Gasteiger partial charge in [0.2, 0.25) is 0 Å². The van der Waals surface area contributed by atoms with E-state index < -0.39 is 6.67 Å². The molecule has 6 heteroatoms. The van der Waals surface area contributed by atoms with Gasteiger partial charge >= 0.3 is 0 Å². The lowest BCUT2D eigenvalue weighted by Gasteiger charge is -2.11. The Labute approximate surface area is 112 Å². The molecule has 0 saturated carbocycles. The van der Waals surface area contributed by atoms with Gasteiger partial charge in [-0.25, -0.2) is 4.39 Å². The smallest absolute Gasteiger partial charge is 0.151 e. The summed E-state index contributed by atoms with van der Waals surface area (Å²) in [7, 11) is 0. The fourth-order valence-electron chi connectivity index (χ4n) is 2.02. The molecule has 2 rings (SSSR count). The largest absolute Gasteiger partial charge is 0.363 e. The Morgan fingerprint density at radius 2 is 2.21 bits per heavy atom. The minimum absolute atomic E-state index is 0.298. The zero-order chi connectivity index (χ0) is 13.8. The van der Waals surface area contributed by atoms with E-state index in [2.05, 4.69) is 29.4 Å². The van der Waals surface area contributed by atoms with Crippen LogP contribution in [-0.4, -0.2) is 26.2 Å². The first-order valence-electron chi connectivity index (χ1n) is 6.48. The number of alkyl halides is 1. The van der Waals surface area contributed by atoms with Gasteiger partial charge in [0.05, 0.1) is 18.8 Å². The lowest BCUT2D eigenvalue weighted by molar-refractivity contribution is 0.427. The topological polar surface area (TPSA) is 47.7 Å². The van der Waals surface area contributed by atoms with Crippen molar-refractivity contribution in [3.05, 3.63) is 29.7 Å². The van der Waals surface area contributed by atoms with Crippen molar-refractivity contribution in [2.75, 3.05) is 12.0 Å². The summed E-state index contributed by atoms with van der Waals surface area (Å²) in [5, 5.41) is 11.9. The van der Waals surface area contributed by atoms with Gasteiger partial charge in [-0.3, -0.25) is 9.36 Å². The second kappa shape index (κ2) is 5.86. The van der Waals surface area contributed by atoms with E-state index in [0.29, 0.717) is 19.1 Å². The normalized spacial score (nSPS) is 11.2. The average Bonchev–Trinajstić information content (AvgIpc) is 2.94. The fourth-order valence-corrected chi connectivity index (χ4v) is 2.02. The average molecular weight is 265 g/mol. The highest BCUT2D eigenvalue weighted by Gasteiger charge is 2.08. The van der Waals surface area contributed by atoms with Crippen LogP contribution in [0.5, 0.6) is 0 Å². The van der Waals surface area contributed by atoms with Crippen LogP contribution in [0.2, 0.25) is 0 Å². The monoisotopic (exact) mass is 265 g/mol. The second-order valence-corrected chi connectivity index (χ2v) is 4.83. The van der Waals surface area contributed by atoms with Crippen LogP contribution < -0.4 is 5.32 Å². The number of hydrogen-bond acceptors (Lipinski definition) is 3. The molecule has 0 spiro atoms. The van der Waals surface area contributed by atoms with Crippen LogP contribution in [0.25, 0.3) is 0 Å². The highest BCUT2D eigenvalue weighted by atomic mass is 19.1. The van der Waals surface area contributed by atoms with Crippen molar-refractivity contribution >= 4 is 5.82 Å². The second-order valence-electron chi connectivity index (χ2n) is 4.83. The standard InChI is InChI=1S/C13H20FN5/c1-10(2)19-12(4-6-16-19)8-15-13-11(3)9-18(17-13)7-5-14/h4,6,9-10H,5,7-8H2,1-3H3,(H,15,17). The first-order valence-corrected chi connectivity index (χ1v) is 6.48. The molecule has 2 heterocycles. The molecule has 0 fully saturated rings. The third-order valence-corrected chi connectivity index (χ3v) is 2.94. The molecular formula is C13H20FN5. The summed E-state index contributed by atoms with van der Waals surface area (Å²) < 4.78 is 15.9. The Hall–Kier alpha value is -1.85. The van der Waals surface area contributed by atoms with Crippen molar-refractivity contribution in [3.8, 4) is 0 Å². The summed E-state index contributed by atoms with van der Waals surface area (Å²) in [5.41, 5.74) is 2.12. The van der Waals surface area contributed by atoms with E-state index in [4.69, 9.17) is 0 Å². The van der Waals surface area contributed by atoms with E-state index in [1.807, 2.05) is 23.9 Å². The van der Waals surface area contributed by atoms with Gasteiger partial charge in [-0.2, -0.15) is 10.2 Å². The Morgan fingerprint density at radius 3 is 2.89 bits per heavy atom. The molecule has 0 atom stereocenters. The molecule has 2 aromatic rings. The zero-order valence-electron chi connectivity index (χ0n) is 11.6. The van der Waals surface area contributed by atoms with Crippen LogP contribution >= 0.6 is 0 Å². The summed E-state index contributed by atoms with van der Waals surface area (Å²) in [5.74, 6) is 0.796. The molecule has 1 N–H and O–H groups in total. The van der Waals surface area contributed by atoms with Crippen LogP contribution in [0.15, 0.2) is 18.5 Å². The van der Waals surface area contributed by atoms with E-state index >= 15 is 0 Å². The summed E-state index contributed by atoms with van der Waals surface area (Å²) in [6, 6.07) is 2.32. The molecule has 0 aromatic carbocycles. The number of rotatable bonds is 6. The quantitative estimate of drug-likeness (QED) is 0.873. The van der Waals surface area contributed by atoms with E-state index in [0.717, 1.165) is 17.1 Å². The third kappa shape index (κ3) is 3.13. The maximum atomic E-state index is 12.3. The van der Waals surface area contributed by atoms with E-state index in [9.17, 15) is 4.39 Å².